The van der Waals surface area contributed by atoms with Crippen molar-refractivity contribution in [2.24, 2.45) is 10.9 Å². The number of nitrogens with zero attached hydrogens (tertiary/aromatic N) is 2. The topological polar surface area (TPSA) is 115 Å². The molecule has 1 aliphatic heterocycles. The van der Waals surface area contributed by atoms with Crippen LogP contribution in [-0.4, -0.2) is 44.4 Å². The molecule has 10 nitrogen and oxygen atoms in total. The van der Waals surface area contributed by atoms with E-state index in [4.69, 9.17) is 23.7 Å². The van der Waals surface area contributed by atoms with Crippen molar-refractivity contribution < 1.29 is 33.3 Å². The molecule has 1 aliphatic rings. The fraction of sp³-hybridized carbons (Fsp3) is 0.333. The van der Waals surface area contributed by atoms with Crippen LogP contribution in [0.3, 0.4) is 0 Å². The normalized spacial score (nSPS) is 14.8. The van der Waals surface area contributed by atoms with Gasteiger partial charge in [0.1, 0.15) is 11.5 Å². The predicted octanol–water partition coefficient (Wildman–Crippen LogP) is 3.39. The van der Waals surface area contributed by atoms with Gasteiger partial charge in [-0.05, 0) is 54.8 Å². The van der Waals surface area contributed by atoms with Crippen LogP contribution in [0.5, 0.6) is 23.0 Å². The third kappa shape index (κ3) is 6.19. The zero-order valence-electron chi connectivity index (χ0n) is 24.0. The van der Waals surface area contributed by atoms with Crippen LogP contribution in [0.25, 0.3) is 6.08 Å². The molecule has 0 N–H and O–H groups in total. The molecule has 0 radical (unpaired) electrons. The summed E-state index contributed by atoms with van der Waals surface area (Å²) >= 11 is 1.19. The molecule has 2 aromatic carbocycles. The van der Waals surface area contributed by atoms with Gasteiger partial charge in [0.25, 0.3) is 5.56 Å². The van der Waals surface area contributed by atoms with E-state index in [0.717, 1.165) is 0 Å². The maximum atomic E-state index is 14.0. The average molecular weight is 581 g/mol. The summed E-state index contributed by atoms with van der Waals surface area (Å²) in [5, 5.41) is 0. The SMILES string of the molecule is COc1ccc(OC)c(/C=c2\sc3n(c2=O)C(c2ccc(OC(C)=O)c(OC)c2)C(C(=O)OCC(C)C)=C(C)N=3)c1. The molecule has 1 unspecified atom stereocenters. The van der Waals surface area contributed by atoms with Crippen LogP contribution in [-0.2, 0) is 14.3 Å². The first-order chi connectivity index (χ1) is 19.6. The third-order valence-electron chi connectivity index (χ3n) is 6.27. The molecule has 0 aliphatic carbocycles. The third-order valence-corrected chi connectivity index (χ3v) is 7.25. The number of hydrogen-bond acceptors (Lipinski definition) is 10. The zero-order valence-corrected chi connectivity index (χ0v) is 24.8. The summed E-state index contributed by atoms with van der Waals surface area (Å²) in [6.45, 7) is 7.08. The lowest BCUT2D eigenvalue weighted by Crippen LogP contribution is -2.40. The van der Waals surface area contributed by atoms with Crippen molar-refractivity contribution in [3.05, 3.63) is 78.5 Å². The van der Waals surface area contributed by atoms with E-state index < -0.39 is 18.0 Å². The van der Waals surface area contributed by atoms with Crippen LogP contribution in [0, 0.1) is 5.92 Å². The van der Waals surface area contributed by atoms with Crippen LogP contribution in [0.1, 0.15) is 44.9 Å². The van der Waals surface area contributed by atoms with Gasteiger partial charge in [0, 0.05) is 12.5 Å². The smallest absolute Gasteiger partial charge is 0.338 e. The molecule has 0 amide bonds. The van der Waals surface area contributed by atoms with E-state index >= 15 is 0 Å². The highest BCUT2D eigenvalue weighted by Crippen LogP contribution is 2.36. The predicted molar refractivity (Wildman–Crippen MR) is 153 cm³/mol. The number of carbonyl (C=O) groups is 2. The number of rotatable bonds is 9. The molecule has 1 aromatic heterocycles. The van der Waals surface area contributed by atoms with Crippen LogP contribution in [0.2, 0.25) is 0 Å². The number of carbonyl (C=O) groups excluding carboxylic acids is 2. The van der Waals surface area contributed by atoms with E-state index in [1.807, 2.05) is 13.8 Å². The largest absolute Gasteiger partial charge is 0.497 e. The summed E-state index contributed by atoms with van der Waals surface area (Å²) in [5.74, 6) is 0.682. The second kappa shape index (κ2) is 12.4. The number of allylic oxidation sites excluding steroid dienone is 1. The van der Waals surface area contributed by atoms with E-state index in [2.05, 4.69) is 4.99 Å². The Labute approximate surface area is 241 Å². The van der Waals surface area contributed by atoms with Gasteiger partial charge in [-0.15, -0.1) is 0 Å². The Hall–Kier alpha value is -4.38. The van der Waals surface area contributed by atoms with Crippen LogP contribution >= 0.6 is 11.3 Å². The molecule has 0 saturated carbocycles. The molecular weight excluding hydrogens is 548 g/mol. The summed E-state index contributed by atoms with van der Waals surface area (Å²) in [5.41, 5.74) is 1.50. The maximum Gasteiger partial charge on any atom is 0.338 e. The van der Waals surface area contributed by atoms with Crippen molar-refractivity contribution in [1.82, 2.24) is 4.57 Å². The number of aromatic nitrogens is 1. The molecule has 3 aromatic rings. The lowest BCUT2D eigenvalue weighted by molar-refractivity contribution is -0.140. The quantitative estimate of drug-likeness (QED) is 0.280. The van der Waals surface area contributed by atoms with Crippen molar-refractivity contribution in [2.75, 3.05) is 27.9 Å². The van der Waals surface area contributed by atoms with E-state index in [-0.39, 0.29) is 35.2 Å². The zero-order chi connectivity index (χ0) is 29.8. The van der Waals surface area contributed by atoms with Crippen LogP contribution < -0.4 is 33.8 Å². The van der Waals surface area contributed by atoms with E-state index in [9.17, 15) is 14.4 Å². The van der Waals surface area contributed by atoms with Gasteiger partial charge in [0.05, 0.1) is 49.8 Å². The molecule has 0 spiro atoms. The molecule has 216 valence electrons. The lowest BCUT2D eigenvalue weighted by atomic mass is 9.95. The van der Waals surface area contributed by atoms with Gasteiger partial charge in [-0.3, -0.25) is 14.2 Å². The summed E-state index contributed by atoms with van der Waals surface area (Å²) < 4.78 is 29.0. The fourth-order valence-corrected chi connectivity index (χ4v) is 5.44. The van der Waals surface area contributed by atoms with Gasteiger partial charge in [0.2, 0.25) is 0 Å². The van der Waals surface area contributed by atoms with Crippen molar-refractivity contribution >= 4 is 29.4 Å². The monoisotopic (exact) mass is 580 g/mol. The summed E-state index contributed by atoms with van der Waals surface area (Å²) in [6.07, 6.45) is 1.71. The minimum Gasteiger partial charge on any atom is -0.497 e. The fourth-order valence-electron chi connectivity index (χ4n) is 4.41. The van der Waals surface area contributed by atoms with Gasteiger partial charge >= 0.3 is 11.9 Å². The van der Waals surface area contributed by atoms with Gasteiger partial charge in [0.15, 0.2) is 16.3 Å². The standard InChI is InChI=1S/C30H32N2O8S/c1-16(2)15-39-29(35)26-17(3)31-30-32(27(26)19-8-10-23(40-18(4)33)24(13-19)38-7)28(34)25(41-30)14-20-12-21(36-5)9-11-22(20)37-6/h8-14,16,27H,15H2,1-7H3/b25-14-. The minimum atomic E-state index is -0.874. The van der Waals surface area contributed by atoms with Crippen LogP contribution in [0.15, 0.2) is 57.5 Å². The first-order valence-corrected chi connectivity index (χ1v) is 13.7. The Morgan fingerprint density at radius 3 is 2.37 bits per heavy atom. The Bertz CT molecular complexity index is 1700. The highest BCUT2D eigenvalue weighted by Gasteiger charge is 2.34. The highest BCUT2D eigenvalue weighted by atomic mass is 32.1. The van der Waals surface area contributed by atoms with Gasteiger partial charge < -0.3 is 23.7 Å². The maximum absolute atomic E-state index is 14.0. The second-order valence-corrected chi connectivity index (χ2v) is 10.7. The number of benzene rings is 2. The molecule has 2 heterocycles. The molecule has 0 saturated heterocycles. The van der Waals surface area contributed by atoms with Crippen LogP contribution in [0.4, 0.5) is 0 Å². The molecule has 11 heteroatoms. The Morgan fingerprint density at radius 1 is 1.02 bits per heavy atom. The van der Waals surface area contributed by atoms with Gasteiger partial charge in [-0.25, -0.2) is 9.79 Å². The summed E-state index contributed by atoms with van der Waals surface area (Å²) in [6, 6.07) is 9.31. The average Bonchev–Trinajstić information content (AvgIpc) is 3.24. The summed E-state index contributed by atoms with van der Waals surface area (Å²) in [4.78, 5) is 44.1. The number of hydrogen-bond donors (Lipinski definition) is 0. The Morgan fingerprint density at radius 2 is 1.73 bits per heavy atom. The van der Waals surface area contributed by atoms with E-state index in [1.165, 1.54) is 29.9 Å². The van der Waals surface area contributed by atoms with E-state index in [1.54, 1.807) is 63.6 Å². The minimum absolute atomic E-state index is 0.112. The van der Waals surface area contributed by atoms with Crippen molar-refractivity contribution in [2.45, 2.75) is 33.7 Å². The number of thiazole rings is 1. The lowest BCUT2D eigenvalue weighted by Gasteiger charge is -2.25. The second-order valence-electron chi connectivity index (χ2n) is 9.69. The highest BCUT2D eigenvalue weighted by molar-refractivity contribution is 7.07. The van der Waals surface area contributed by atoms with Gasteiger partial charge in [-0.2, -0.15) is 0 Å². The molecule has 41 heavy (non-hydrogen) atoms. The molecule has 0 bridgehead atoms. The van der Waals surface area contributed by atoms with E-state index in [0.29, 0.717) is 37.7 Å². The number of methoxy groups -OCH3 is 3. The van der Waals surface area contributed by atoms with Crippen molar-refractivity contribution in [3.63, 3.8) is 0 Å². The number of ether oxygens (including phenoxy) is 5. The number of esters is 2. The molecule has 1 atom stereocenters. The van der Waals surface area contributed by atoms with Gasteiger partial charge in [-0.1, -0.05) is 31.3 Å². The number of fused-ring (bicyclic) bond motifs is 1. The molecular formula is C30H32N2O8S. The first kappa shape index (κ1) is 29.6. The Balaban J connectivity index is 1.95. The van der Waals surface area contributed by atoms with Crippen molar-refractivity contribution in [3.8, 4) is 23.0 Å². The molecule has 0 fully saturated rings. The first-order valence-electron chi connectivity index (χ1n) is 12.9. The summed E-state index contributed by atoms with van der Waals surface area (Å²) in [7, 11) is 4.55. The molecule has 4 rings (SSSR count). The Kier molecular flexibility index (Phi) is 8.97. The van der Waals surface area contributed by atoms with Crippen molar-refractivity contribution in [1.29, 1.82) is 0 Å².